The number of hydrogen-bond acceptors (Lipinski definition) is 8. The molecule has 0 radical (unpaired) electrons. The Morgan fingerprint density at radius 1 is 1.12 bits per heavy atom. The van der Waals surface area contributed by atoms with Gasteiger partial charge in [-0.3, -0.25) is 19.2 Å². The lowest BCUT2D eigenvalue weighted by Crippen LogP contribution is -2.59. The summed E-state index contributed by atoms with van der Waals surface area (Å²) in [4.78, 5) is 61.4. The molecule has 0 aliphatic carbocycles. The van der Waals surface area contributed by atoms with Crippen LogP contribution in [-0.2, 0) is 28.7 Å². The van der Waals surface area contributed by atoms with Crippen molar-refractivity contribution in [2.75, 3.05) is 32.2 Å². The molecular weight excluding hydrogens is 638 g/mol. The molecular formula is C39H49N3O8. The minimum atomic E-state index is -1.30. The van der Waals surface area contributed by atoms with E-state index in [2.05, 4.69) is 13.2 Å². The first kappa shape index (κ1) is 36.8. The van der Waals surface area contributed by atoms with Crippen LogP contribution in [0.25, 0.3) is 0 Å². The van der Waals surface area contributed by atoms with E-state index >= 15 is 0 Å². The predicted octanol–water partition coefficient (Wildman–Crippen LogP) is 4.46. The summed E-state index contributed by atoms with van der Waals surface area (Å²) < 4.78 is 18.3. The van der Waals surface area contributed by atoms with Crippen molar-refractivity contribution in [1.29, 1.82) is 0 Å². The number of aliphatic hydroxyl groups excluding tert-OH is 1. The van der Waals surface area contributed by atoms with Crippen molar-refractivity contribution >= 4 is 29.4 Å². The third kappa shape index (κ3) is 6.56. The molecule has 2 aromatic rings. The average Bonchev–Trinajstić information content (AvgIpc) is 3.79. The molecule has 3 saturated heterocycles. The number of rotatable bonds is 16. The summed E-state index contributed by atoms with van der Waals surface area (Å²) in [5.41, 5.74) is -0.0220. The van der Waals surface area contributed by atoms with Gasteiger partial charge in [0.2, 0.25) is 11.8 Å². The lowest BCUT2D eigenvalue weighted by Gasteiger charge is -2.39. The molecule has 3 heterocycles. The third-order valence-electron chi connectivity index (χ3n) is 10.7. The highest BCUT2D eigenvalue weighted by atomic mass is 16.6. The van der Waals surface area contributed by atoms with Gasteiger partial charge in [-0.05, 0) is 62.4 Å². The molecule has 50 heavy (non-hydrogen) atoms. The first-order valence-corrected chi connectivity index (χ1v) is 17.4. The maximum absolute atomic E-state index is 14.8. The Morgan fingerprint density at radius 2 is 1.82 bits per heavy atom. The fourth-order valence-electron chi connectivity index (χ4n) is 7.93. The van der Waals surface area contributed by atoms with Crippen molar-refractivity contribution in [2.45, 2.75) is 81.9 Å². The minimum Gasteiger partial charge on any atom is -0.497 e. The Morgan fingerprint density at radius 3 is 2.42 bits per heavy atom. The fraction of sp³-hybridized carbons (Fsp3) is 0.487. The number of amides is 3. The molecule has 3 fully saturated rings. The van der Waals surface area contributed by atoms with Gasteiger partial charge in [-0.2, -0.15) is 0 Å². The summed E-state index contributed by atoms with van der Waals surface area (Å²) in [5.74, 6) is -2.89. The maximum Gasteiger partial charge on any atom is 0.313 e. The van der Waals surface area contributed by atoms with Gasteiger partial charge >= 0.3 is 5.97 Å². The molecule has 1 spiro atoms. The second-order valence-electron chi connectivity index (χ2n) is 13.3. The monoisotopic (exact) mass is 687 g/mol. The van der Waals surface area contributed by atoms with Gasteiger partial charge in [-0.15, -0.1) is 13.2 Å². The van der Waals surface area contributed by atoms with E-state index in [1.807, 2.05) is 44.2 Å². The highest BCUT2D eigenvalue weighted by Gasteiger charge is 2.75. The number of allylic oxidation sites excluding steroid dienone is 1. The number of hydrogen-bond donors (Lipinski definition) is 1. The number of aliphatic hydroxyl groups is 1. The molecule has 11 heteroatoms. The third-order valence-corrected chi connectivity index (χ3v) is 10.7. The summed E-state index contributed by atoms with van der Waals surface area (Å²) in [7, 11) is 3.24. The van der Waals surface area contributed by atoms with Crippen LogP contribution < -0.4 is 9.64 Å². The number of ether oxygens (including phenoxy) is 3. The van der Waals surface area contributed by atoms with Crippen LogP contribution in [0.15, 0.2) is 79.9 Å². The minimum absolute atomic E-state index is 0.116. The molecule has 268 valence electrons. The largest absolute Gasteiger partial charge is 0.497 e. The number of nitrogens with zero attached hydrogens (tertiary/aromatic N) is 3. The van der Waals surface area contributed by atoms with E-state index in [4.69, 9.17) is 14.2 Å². The smallest absolute Gasteiger partial charge is 0.313 e. The average molecular weight is 688 g/mol. The maximum atomic E-state index is 14.8. The zero-order valence-corrected chi connectivity index (χ0v) is 29.4. The molecule has 0 saturated carbocycles. The molecule has 11 nitrogen and oxygen atoms in total. The molecule has 2 aromatic carbocycles. The quantitative estimate of drug-likeness (QED) is 0.203. The van der Waals surface area contributed by atoms with E-state index in [0.717, 1.165) is 0 Å². The number of methoxy groups -OCH3 is 1. The second-order valence-corrected chi connectivity index (χ2v) is 13.3. The van der Waals surface area contributed by atoms with Crippen LogP contribution in [0.3, 0.4) is 0 Å². The lowest BCUT2D eigenvalue weighted by atomic mass is 9.70. The molecule has 5 rings (SSSR count). The normalized spacial score (nSPS) is 25.3. The fourth-order valence-corrected chi connectivity index (χ4v) is 7.93. The Kier molecular flexibility index (Phi) is 11.5. The van der Waals surface area contributed by atoms with E-state index in [-0.39, 0.29) is 31.4 Å². The number of anilines is 1. The molecule has 2 bridgehead atoms. The van der Waals surface area contributed by atoms with Gasteiger partial charge in [0.05, 0.1) is 43.7 Å². The van der Waals surface area contributed by atoms with Crippen molar-refractivity contribution in [3.8, 4) is 5.75 Å². The van der Waals surface area contributed by atoms with Crippen molar-refractivity contribution in [3.05, 3.63) is 85.5 Å². The number of fused-ring (bicyclic) bond motifs is 1. The van der Waals surface area contributed by atoms with Gasteiger partial charge in [-0.25, -0.2) is 0 Å². The van der Waals surface area contributed by atoms with Crippen molar-refractivity contribution in [3.63, 3.8) is 0 Å². The Balaban J connectivity index is 1.51. The molecule has 3 aliphatic rings. The number of carbonyl (C=O) groups excluding carboxylic acids is 4. The zero-order valence-electron chi connectivity index (χ0n) is 29.4. The number of likely N-dealkylation sites (N-methyl/N-ethyl adjacent to an activating group) is 1. The second kappa shape index (κ2) is 15.6. The van der Waals surface area contributed by atoms with E-state index < -0.39 is 59.6 Å². The van der Waals surface area contributed by atoms with Gasteiger partial charge in [0.15, 0.2) is 0 Å². The molecule has 3 amide bonds. The lowest BCUT2D eigenvalue weighted by molar-refractivity contribution is -0.165. The van der Waals surface area contributed by atoms with Crippen molar-refractivity contribution < 1.29 is 38.5 Å². The standard InChI is InChI=1S/C39H49N3O8/c1-7-10-16-31(44)40(5)25(4)34(26-14-12-11-13-15-26)49-38(47)32-30-21-22-39(50-30)33(32)36(45)42(27(9-3)24-43)35(39)37(46)41(23-8-2)28-17-19-29(48-6)20-18-28/h7-8,11-15,17-20,25,27,30,32-35,43H,1-2,9-10,16,21-24H2,3-6H3/t25-,27-,30-,32+,33+,34+,35-,39+/m0/s1. The Labute approximate surface area is 294 Å². The predicted molar refractivity (Wildman–Crippen MR) is 188 cm³/mol. The highest BCUT2D eigenvalue weighted by Crippen LogP contribution is 2.59. The van der Waals surface area contributed by atoms with Gasteiger partial charge in [0, 0.05) is 25.7 Å². The topological polar surface area (TPSA) is 126 Å². The van der Waals surface area contributed by atoms with Gasteiger partial charge < -0.3 is 34.0 Å². The van der Waals surface area contributed by atoms with Crippen LogP contribution in [-0.4, -0.2) is 95.7 Å². The highest BCUT2D eigenvalue weighted by molar-refractivity contribution is 6.05. The van der Waals surface area contributed by atoms with Gasteiger partial charge in [0.1, 0.15) is 23.5 Å². The van der Waals surface area contributed by atoms with Gasteiger partial charge in [-0.1, -0.05) is 49.4 Å². The number of carbonyl (C=O) groups is 4. The van der Waals surface area contributed by atoms with E-state index in [1.54, 1.807) is 60.4 Å². The SMILES string of the molecule is C=CCCC(=O)N(C)[C@@H](C)[C@@H](OC(=O)[C@@H]1[C@@H]2CC[C@]3(O2)[C@H](C(=O)N(CC=C)c2ccc(OC)cc2)N([C@@H](CC)CO)C(=O)[C@@H]13)c1ccccc1. The summed E-state index contributed by atoms with van der Waals surface area (Å²) in [6.07, 6.45) is 3.83. The van der Waals surface area contributed by atoms with Crippen LogP contribution in [0.2, 0.25) is 0 Å². The Hall–Kier alpha value is -4.48. The van der Waals surface area contributed by atoms with Crippen LogP contribution in [0, 0.1) is 11.8 Å². The molecule has 1 N–H and O–H groups in total. The summed E-state index contributed by atoms with van der Waals surface area (Å²) in [6, 6.07) is 13.9. The van der Waals surface area contributed by atoms with Crippen LogP contribution >= 0.6 is 0 Å². The number of benzene rings is 2. The summed E-state index contributed by atoms with van der Waals surface area (Å²) >= 11 is 0. The molecule has 8 atom stereocenters. The Bertz CT molecular complexity index is 1560. The first-order chi connectivity index (χ1) is 24.1. The first-order valence-electron chi connectivity index (χ1n) is 17.4. The van der Waals surface area contributed by atoms with Gasteiger partial charge in [0.25, 0.3) is 5.91 Å². The number of esters is 1. The molecule has 3 aliphatic heterocycles. The molecule has 0 unspecified atom stereocenters. The van der Waals surface area contributed by atoms with Crippen LogP contribution in [0.1, 0.15) is 57.6 Å². The summed E-state index contributed by atoms with van der Waals surface area (Å²) in [6.45, 7) is 11.0. The molecule has 0 aromatic heterocycles. The van der Waals surface area contributed by atoms with E-state index in [0.29, 0.717) is 42.7 Å². The van der Waals surface area contributed by atoms with E-state index in [9.17, 15) is 24.3 Å². The zero-order chi connectivity index (χ0) is 36.2. The van der Waals surface area contributed by atoms with Crippen LogP contribution in [0.5, 0.6) is 5.75 Å². The number of likely N-dealkylation sites (tertiary alicyclic amines) is 1. The van der Waals surface area contributed by atoms with Crippen LogP contribution in [0.4, 0.5) is 5.69 Å². The van der Waals surface area contributed by atoms with Crippen molar-refractivity contribution in [1.82, 2.24) is 9.80 Å². The van der Waals surface area contributed by atoms with Crippen molar-refractivity contribution in [2.24, 2.45) is 11.8 Å². The van der Waals surface area contributed by atoms with E-state index in [1.165, 1.54) is 4.90 Å². The summed E-state index contributed by atoms with van der Waals surface area (Å²) in [5, 5.41) is 10.5.